The van der Waals surface area contributed by atoms with Crippen LogP contribution in [0.5, 0.6) is 0 Å². The molecule has 20 heavy (non-hydrogen) atoms. The first kappa shape index (κ1) is 17.0. The molecule has 3 N–H and O–H groups in total. The Morgan fingerprint density at radius 3 is 2.40 bits per heavy atom. The Morgan fingerprint density at radius 2 is 1.85 bits per heavy atom. The summed E-state index contributed by atoms with van der Waals surface area (Å²) in [6.45, 7) is 1.65. The summed E-state index contributed by atoms with van der Waals surface area (Å²) in [4.78, 5) is 1.65. The van der Waals surface area contributed by atoms with Gasteiger partial charge in [-0.25, -0.2) is 8.78 Å². The molecule has 0 aliphatic carbocycles. The molecule has 1 unspecified atom stereocenters. The molecular formula is C14H21F2NO3. The lowest BCUT2D eigenvalue weighted by Crippen LogP contribution is -2.40. The molecule has 0 aliphatic heterocycles. The fraction of sp³-hybridized carbons (Fsp3) is 0.571. The maximum Gasteiger partial charge on any atom is 0.129 e. The van der Waals surface area contributed by atoms with E-state index in [9.17, 15) is 24.1 Å². The number of benzene rings is 1. The van der Waals surface area contributed by atoms with Gasteiger partial charge in [0, 0.05) is 24.1 Å². The second-order valence-corrected chi connectivity index (χ2v) is 5.51. The zero-order valence-corrected chi connectivity index (χ0v) is 11.7. The molecular weight excluding hydrogens is 268 g/mol. The van der Waals surface area contributed by atoms with Gasteiger partial charge in [0.25, 0.3) is 0 Å². The average Bonchev–Trinajstić information content (AvgIpc) is 2.41. The highest BCUT2D eigenvalue weighted by molar-refractivity contribution is 5.21. The minimum absolute atomic E-state index is 0.0654. The summed E-state index contributed by atoms with van der Waals surface area (Å²) in [5.41, 5.74) is -0.818. The van der Waals surface area contributed by atoms with Gasteiger partial charge < -0.3 is 20.2 Å². The van der Waals surface area contributed by atoms with Crippen molar-refractivity contribution in [3.63, 3.8) is 0 Å². The van der Waals surface area contributed by atoms with E-state index in [0.717, 1.165) is 18.2 Å². The van der Waals surface area contributed by atoms with Crippen molar-refractivity contribution in [2.45, 2.75) is 13.0 Å². The van der Waals surface area contributed by atoms with E-state index in [1.165, 1.54) is 0 Å². The first-order chi connectivity index (χ1) is 9.31. The minimum Gasteiger partial charge on any atom is -0.396 e. The highest BCUT2D eigenvalue weighted by Gasteiger charge is 2.26. The molecule has 0 fully saturated rings. The number of nitrogens with zero attached hydrogens (tertiary/aromatic N) is 1. The fourth-order valence-electron chi connectivity index (χ4n) is 2.03. The summed E-state index contributed by atoms with van der Waals surface area (Å²) in [6, 6.07) is 2.93. The van der Waals surface area contributed by atoms with Gasteiger partial charge in [-0.1, -0.05) is 6.92 Å². The first-order valence-corrected chi connectivity index (χ1v) is 6.34. The summed E-state index contributed by atoms with van der Waals surface area (Å²) < 4.78 is 26.6. The number of likely N-dealkylation sites (N-methyl/N-ethyl adjacent to an activating group) is 1. The predicted molar refractivity (Wildman–Crippen MR) is 71.1 cm³/mol. The zero-order chi connectivity index (χ0) is 15.3. The van der Waals surface area contributed by atoms with Crippen LogP contribution in [-0.4, -0.2) is 53.6 Å². The lowest BCUT2D eigenvalue weighted by atomic mass is 9.92. The Hall–Kier alpha value is -1.08. The number of hydrogen-bond acceptors (Lipinski definition) is 4. The zero-order valence-electron chi connectivity index (χ0n) is 11.7. The number of aliphatic hydroxyl groups excluding tert-OH is 3. The normalized spacial score (nSPS) is 13.8. The standard InChI is InChI=1S/C14H21F2NO3/c1-14(8-18,9-19)7-17(2)6-13(20)11-5-10(15)3-4-12(11)16/h3-5,13,18-20H,6-9H2,1-2H3. The van der Waals surface area contributed by atoms with Crippen LogP contribution in [0.1, 0.15) is 18.6 Å². The quantitative estimate of drug-likeness (QED) is 0.698. The van der Waals surface area contributed by atoms with Crippen molar-refractivity contribution in [1.82, 2.24) is 4.90 Å². The molecule has 0 radical (unpaired) electrons. The van der Waals surface area contributed by atoms with Gasteiger partial charge in [0.2, 0.25) is 0 Å². The third-order valence-electron chi connectivity index (χ3n) is 3.22. The smallest absolute Gasteiger partial charge is 0.129 e. The molecule has 0 saturated heterocycles. The van der Waals surface area contributed by atoms with Gasteiger partial charge in [-0.15, -0.1) is 0 Å². The minimum atomic E-state index is -1.18. The molecule has 6 heteroatoms. The summed E-state index contributed by atoms with van der Waals surface area (Å²) in [7, 11) is 1.67. The van der Waals surface area contributed by atoms with Crippen molar-refractivity contribution in [3.8, 4) is 0 Å². The third-order valence-corrected chi connectivity index (χ3v) is 3.22. The molecule has 114 valence electrons. The van der Waals surface area contributed by atoms with E-state index in [1.54, 1.807) is 18.9 Å². The van der Waals surface area contributed by atoms with Crippen LogP contribution in [0.25, 0.3) is 0 Å². The molecule has 1 aromatic rings. The average molecular weight is 289 g/mol. The molecule has 0 saturated carbocycles. The highest BCUT2D eigenvalue weighted by atomic mass is 19.1. The van der Waals surface area contributed by atoms with E-state index in [4.69, 9.17) is 0 Å². The van der Waals surface area contributed by atoms with Crippen LogP contribution in [0.4, 0.5) is 8.78 Å². The Kier molecular flexibility index (Phi) is 6.01. The lowest BCUT2D eigenvalue weighted by Gasteiger charge is -2.31. The third kappa shape index (κ3) is 4.49. The van der Waals surface area contributed by atoms with Crippen LogP contribution in [0.3, 0.4) is 0 Å². The van der Waals surface area contributed by atoms with Crippen LogP contribution in [-0.2, 0) is 0 Å². The van der Waals surface area contributed by atoms with Gasteiger partial charge in [-0.05, 0) is 25.2 Å². The van der Waals surface area contributed by atoms with Gasteiger partial charge in [0.05, 0.1) is 19.3 Å². The van der Waals surface area contributed by atoms with Crippen LogP contribution >= 0.6 is 0 Å². The van der Waals surface area contributed by atoms with Crippen LogP contribution in [0.15, 0.2) is 18.2 Å². The second kappa shape index (κ2) is 7.08. The first-order valence-electron chi connectivity index (χ1n) is 6.34. The lowest BCUT2D eigenvalue weighted by molar-refractivity contribution is 0.0275. The largest absolute Gasteiger partial charge is 0.396 e. The van der Waals surface area contributed by atoms with Gasteiger partial charge in [0.15, 0.2) is 0 Å². The predicted octanol–water partition coefficient (Wildman–Crippen LogP) is 0.921. The summed E-state index contributed by atoms with van der Waals surface area (Å²) in [6.07, 6.45) is -1.18. The number of halogens is 2. The SMILES string of the molecule is CN(CC(O)c1cc(F)ccc1F)CC(C)(CO)CO. The van der Waals surface area contributed by atoms with E-state index < -0.39 is 23.2 Å². The fourth-order valence-corrected chi connectivity index (χ4v) is 2.03. The molecule has 0 spiro atoms. The molecule has 1 rings (SSSR count). The summed E-state index contributed by atoms with van der Waals surface area (Å²) in [5.74, 6) is -1.28. The van der Waals surface area contributed by atoms with Crippen molar-refractivity contribution < 1.29 is 24.1 Å². The summed E-state index contributed by atoms with van der Waals surface area (Å²) in [5, 5.41) is 28.4. The Morgan fingerprint density at radius 1 is 1.25 bits per heavy atom. The van der Waals surface area contributed by atoms with Crippen LogP contribution in [0, 0.1) is 17.0 Å². The van der Waals surface area contributed by atoms with Crippen LogP contribution in [0.2, 0.25) is 0 Å². The van der Waals surface area contributed by atoms with E-state index in [2.05, 4.69) is 0 Å². The van der Waals surface area contributed by atoms with Gasteiger partial charge >= 0.3 is 0 Å². The maximum atomic E-state index is 13.5. The van der Waals surface area contributed by atoms with Gasteiger partial charge in [-0.2, -0.15) is 0 Å². The summed E-state index contributed by atoms with van der Waals surface area (Å²) >= 11 is 0. The van der Waals surface area contributed by atoms with Crippen LogP contribution < -0.4 is 0 Å². The molecule has 0 bridgehead atoms. The van der Waals surface area contributed by atoms with Crippen molar-refractivity contribution >= 4 is 0 Å². The molecule has 0 heterocycles. The molecule has 1 atom stereocenters. The number of aliphatic hydroxyl groups is 3. The molecule has 0 amide bonds. The van der Waals surface area contributed by atoms with Crippen molar-refractivity contribution in [3.05, 3.63) is 35.4 Å². The van der Waals surface area contributed by atoms with E-state index in [0.29, 0.717) is 6.54 Å². The molecule has 0 aromatic heterocycles. The van der Waals surface area contributed by atoms with Gasteiger partial charge in [-0.3, -0.25) is 0 Å². The van der Waals surface area contributed by atoms with Crippen molar-refractivity contribution in [1.29, 1.82) is 0 Å². The number of hydrogen-bond donors (Lipinski definition) is 3. The molecule has 1 aromatic carbocycles. The van der Waals surface area contributed by atoms with Gasteiger partial charge in [0.1, 0.15) is 11.6 Å². The molecule has 4 nitrogen and oxygen atoms in total. The van der Waals surface area contributed by atoms with E-state index in [1.807, 2.05) is 0 Å². The van der Waals surface area contributed by atoms with Crippen molar-refractivity contribution in [2.24, 2.45) is 5.41 Å². The Labute approximate surface area is 117 Å². The van der Waals surface area contributed by atoms with Crippen molar-refractivity contribution in [2.75, 3.05) is 33.4 Å². The monoisotopic (exact) mass is 289 g/mol. The van der Waals surface area contributed by atoms with E-state index >= 15 is 0 Å². The Bertz CT molecular complexity index is 438. The number of rotatable bonds is 7. The van der Waals surface area contributed by atoms with E-state index in [-0.39, 0.29) is 25.3 Å². The maximum absolute atomic E-state index is 13.5. The Balaban J connectivity index is 2.70. The highest BCUT2D eigenvalue weighted by Crippen LogP contribution is 2.21. The molecule has 0 aliphatic rings. The second-order valence-electron chi connectivity index (χ2n) is 5.51. The topological polar surface area (TPSA) is 63.9 Å².